The predicted molar refractivity (Wildman–Crippen MR) is 63.8 cm³/mol. The minimum atomic E-state index is -1.03. The normalized spacial score (nSPS) is 12.0. The summed E-state index contributed by atoms with van der Waals surface area (Å²) in [4.78, 5) is 10.9. The number of halogens is 2. The predicted octanol–water partition coefficient (Wildman–Crippen LogP) is 2.82. The highest BCUT2D eigenvalue weighted by Gasteiger charge is 2.11. The van der Waals surface area contributed by atoms with E-state index in [1.54, 1.807) is 13.8 Å². The zero-order chi connectivity index (χ0) is 13.7. The van der Waals surface area contributed by atoms with E-state index in [-0.39, 0.29) is 17.7 Å². The number of hydrogen-bond acceptors (Lipinski definition) is 2. The third-order valence-corrected chi connectivity index (χ3v) is 2.66. The average Bonchev–Trinajstić information content (AvgIpc) is 2.28. The van der Waals surface area contributed by atoms with E-state index in [0.29, 0.717) is 12.1 Å². The van der Waals surface area contributed by atoms with Crippen molar-refractivity contribution in [3.8, 4) is 0 Å². The summed E-state index contributed by atoms with van der Waals surface area (Å²) in [5, 5.41) is 11.6. The Bertz CT molecular complexity index is 464. The van der Waals surface area contributed by atoms with Gasteiger partial charge in [0, 0.05) is 17.8 Å². The molecule has 3 nitrogen and oxygen atoms in total. The van der Waals surface area contributed by atoms with Crippen LogP contribution in [0.2, 0.25) is 0 Å². The van der Waals surface area contributed by atoms with Crippen molar-refractivity contribution in [2.45, 2.75) is 26.8 Å². The van der Waals surface area contributed by atoms with Crippen molar-refractivity contribution in [3.05, 3.63) is 46.7 Å². The van der Waals surface area contributed by atoms with Gasteiger partial charge in [-0.3, -0.25) is 0 Å². The van der Waals surface area contributed by atoms with Gasteiger partial charge in [0.05, 0.1) is 5.57 Å². The molecule has 0 unspecified atom stereocenters. The highest BCUT2D eigenvalue weighted by molar-refractivity contribution is 5.87. The van der Waals surface area contributed by atoms with Crippen LogP contribution in [0.3, 0.4) is 0 Å². The number of nitrogens with one attached hydrogen (secondary N) is 1. The lowest BCUT2D eigenvalue weighted by Gasteiger charge is -2.11. The summed E-state index contributed by atoms with van der Waals surface area (Å²) >= 11 is 0. The van der Waals surface area contributed by atoms with Gasteiger partial charge in [0.2, 0.25) is 0 Å². The number of carboxylic acids is 1. The van der Waals surface area contributed by atoms with Crippen LogP contribution in [0.15, 0.2) is 29.5 Å². The van der Waals surface area contributed by atoms with Crippen molar-refractivity contribution in [3.63, 3.8) is 0 Å². The lowest BCUT2D eigenvalue weighted by Crippen LogP contribution is -2.17. The van der Waals surface area contributed by atoms with E-state index in [4.69, 9.17) is 5.11 Å². The van der Waals surface area contributed by atoms with Gasteiger partial charge in [-0.25, -0.2) is 13.6 Å². The second-order valence-electron chi connectivity index (χ2n) is 3.82. The molecule has 0 fully saturated rings. The van der Waals surface area contributed by atoms with Crippen LogP contribution < -0.4 is 5.32 Å². The molecule has 0 saturated carbocycles. The van der Waals surface area contributed by atoms with E-state index in [1.807, 2.05) is 0 Å². The molecule has 0 atom stereocenters. The Morgan fingerprint density at radius 2 is 1.89 bits per heavy atom. The van der Waals surface area contributed by atoms with Gasteiger partial charge in [-0.05, 0) is 25.5 Å². The molecule has 98 valence electrons. The summed E-state index contributed by atoms with van der Waals surface area (Å²) in [6, 6.07) is 3.61. The van der Waals surface area contributed by atoms with E-state index >= 15 is 0 Å². The van der Waals surface area contributed by atoms with Crippen molar-refractivity contribution in [1.29, 1.82) is 0 Å². The maximum atomic E-state index is 13.3. The van der Waals surface area contributed by atoms with Gasteiger partial charge in [0.25, 0.3) is 0 Å². The molecule has 0 bridgehead atoms. The first-order valence-corrected chi connectivity index (χ1v) is 5.57. The van der Waals surface area contributed by atoms with Crippen LogP contribution in [0.5, 0.6) is 0 Å². The van der Waals surface area contributed by atoms with Crippen molar-refractivity contribution in [2.75, 3.05) is 0 Å². The van der Waals surface area contributed by atoms with Gasteiger partial charge < -0.3 is 10.4 Å². The zero-order valence-electron chi connectivity index (χ0n) is 10.3. The van der Waals surface area contributed by atoms with Crippen molar-refractivity contribution in [1.82, 2.24) is 5.32 Å². The van der Waals surface area contributed by atoms with Crippen molar-refractivity contribution < 1.29 is 18.7 Å². The summed E-state index contributed by atoms with van der Waals surface area (Å²) in [6.07, 6.45) is 0.341. The van der Waals surface area contributed by atoms with Crippen LogP contribution in [0.25, 0.3) is 0 Å². The summed E-state index contributed by atoms with van der Waals surface area (Å²) in [6.45, 7) is 3.20. The van der Waals surface area contributed by atoms with E-state index in [0.717, 1.165) is 12.1 Å². The van der Waals surface area contributed by atoms with E-state index in [1.165, 1.54) is 6.07 Å². The fourth-order valence-electron chi connectivity index (χ4n) is 1.61. The van der Waals surface area contributed by atoms with Crippen LogP contribution in [-0.4, -0.2) is 11.1 Å². The highest BCUT2D eigenvalue weighted by Crippen LogP contribution is 2.13. The van der Waals surface area contributed by atoms with Gasteiger partial charge in [0.1, 0.15) is 11.6 Å². The molecule has 0 radical (unpaired) electrons. The molecule has 0 heterocycles. The first kappa shape index (κ1) is 14.2. The first-order valence-electron chi connectivity index (χ1n) is 5.57. The summed E-state index contributed by atoms with van der Waals surface area (Å²) in [5.41, 5.74) is 0.511. The third-order valence-electron chi connectivity index (χ3n) is 2.66. The Kier molecular flexibility index (Phi) is 4.83. The van der Waals surface area contributed by atoms with Crippen LogP contribution >= 0.6 is 0 Å². The van der Waals surface area contributed by atoms with E-state index in [2.05, 4.69) is 5.32 Å². The van der Waals surface area contributed by atoms with E-state index in [9.17, 15) is 13.6 Å². The maximum Gasteiger partial charge on any atom is 0.333 e. The number of hydrogen-bond donors (Lipinski definition) is 2. The maximum absolute atomic E-state index is 13.3. The van der Waals surface area contributed by atoms with Crippen LogP contribution in [0.4, 0.5) is 8.78 Å². The fraction of sp³-hybridized carbons (Fsp3) is 0.308. The number of carboxylic acid groups (broad SMARTS) is 1. The quantitative estimate of drug-likeness (QED) is 0.795. The van der Waals surface area contributed by atoms with Crippen LogP contribution in [0.1, 0.15) is 25.8 Å². The zero-order valence-corrected chi connectivity index (χ0v) is 10.3. The third kappa shape index (κ3) is 3.29. The lowest BCUT2D eigenvalue weighted by molar-refractivity contribution is -0.132. The number of benzene rings is 1. The molecule has 0 aromatic heterocycles. The molecule has 1 rings (SSSR count). The second-order valence-corrected chi connectivity index (χ2v) is 3.82. The number of rotatable bonds is 5. The molecule has 0 aliphatic heterocycles. The Morgan fingerprint density at radius 1 is 1.33 bits per heavy atom. The van der Waals surface area contributed by atoms with Gasteiger partial charge in [0.15, 0.2) is 0 Å². The molecular weight excluding hydrogens is 240 g/mol. The number of allylic oxidation sites excluding steroid dienone is 1. The van der Waals surface area contributed by atoms with Gasteiger partial charge in [-0.1, -0.05) is 13.0 Å². The number of carbonyl (C=O) groups is 1. The molecule has 1 aromatic rings. The minimum absolute atomic E-state index is 0.0822. The standard InChI is InChI=1S/C13H15F2NO2/c1-3-9(13(17)18)8(2)16-7-10-11(14)5-4-6-12(10)15/h4-6,16H,3,7H2,1-2H3,(H,17,18). The Balaban J connectivity index is 2.85. The van der Waals surface area contributed by atoms with Crippen molar-refractivity contribution >= 4 is 5.97 Å². The van der Waals surface area contributed by atoms with Gasteiger partial charge in [-0.15, -0.1) is 0 Å². The van der Waals surface area contributed by atoms with Crippen LogP contribution in [0, 0.1) is 11.6 Å². The smallest absolute Gasteiger partial charge is 0.333 e. The lowest BCUT2D eigenvalue weighted by atomic mass is 10.1. The highest BCUT2D eigenvalue weighted by atomic mass is 19.1. The molecule has 0 saturated heterocycles. The average molecular weight is 255 g/mol. The van der Waals surface area contributed by atoms with Crippen molar-refractivity contribution in [2.24, 2.45) is 0 Å². The van der Waals surface area contributed by atoms with Gasteiger partial charge in [-0.2, -0.15) is 0 Å². The molecule has 0 aliphatic carbocycles. The van der Waals surface area contributed by atoms with Crippen LogP contribution in [-0.2, 0) is 11.3 Å². The molecule has 0 aliphatic rings. The van der Waals surface area contributed by atoms with E-state index < -0.39 is 17.6 Å². The number of aliphatic carboxylic acids is 1. The molecular formula is C13H15F2NO2. The Labute approximate surface area is 104 Å². The largest absolute Gasteiger partial charge is 0.478 e. The molecule has 1 aromatic carbocycles. The summed E-state index contributed by atoms with van der Waals surface area (Å²) in [5.74, 6) is -2.33. The second kappa shape index (κ2) is 6.14. The minimum Gasteiger partial charge on any atom is -0.478 e. The molecule has 2 N–H and O–H groups in total. The monoisotopic (exact) mass is 255 g/mol. The molecule has 5 heteroatoms. The fourth-order valence-corrected chi connectivity index (χ4v) is 1.61. The Morgan fingerprint density at radius 3 is 2.33 bits per heavy atom. The SMILES string of the molecule is CCC(C(=O)O)=C(C)NCc1c(F)cccc1F. The summed E-state index contributed by atoms with van der Waals surface area (Å²) in [7, 11) is 0. The molecule has 0 spiro atoms. The first-order chi connectivity index (χ1) is 8.47. The molecule has 18 heavy (non-hydrogen) atoms. The Hall–Kier alpha value is -1.91. The molecule has 0 amide bonds. The topological polar surface area (TPSA) is 49.3 Å². The van der Waals surface area contributed by atoms with Gasteiger partial charge >= 0.3 is 5.97 Å². The summed E-state index contributed by atoms with van der Waals surface area (Å²) < 4.78 is 26.7.